The molecule has 0 bridgehead atoms. The van der Waals surface area contributed by atoms with Gasteiger partial charge in [0, 0.05) is 5.69 Å². The van der Waals surface area contributed by atoms with Gasteiger partial charge in [-0.2, -0.15) is 0 Å². The molecule has 1 amide bonds. The first-order chi connectivity index (χ1) is 8.99. The van der Waals surface area contributed by atoms with Crippen LogP contribution >= 0.6 is 0 Å². The van der Waals surface area contributed by atoms with Gasteiger partial charge in [-0.3, -0.25) is 4.57 Å². The first-order valence-electron chi connectivity index (χ1n) is 6.83. The average Bonchev–Trinajstić information content (AvgIpc) is 2.64. The second-order valence-corrected chi connectivity index (χ2v) is 6.48. The summed E-state index contributed by atoms with van der Waals surface area (Å²) in [5.41, 5.74) is 8.18. The summed E-state index contributed by atoms with van der Waals surface area (Å²) in [5, 5.41) is 0. The van der Waals surface area contributed by atoms with E-state index < -0.39 is 24.4 Å². The van der Waals surface area contributed by atoms with Gasteiger partial charge in [0.2, 0.25) is 0 Å². The number of carbonyl (C=O) groups excluding carboxylic acids is 1. The maximum absolute atomic E-state index is 11.8. The number of carbonyl (C=O) groups is 1. The largest absolute Gasteiger partial charge is 0.513 e. The molecule has 2 heterocycles. The minimum Gasteiger partial charge on any atom is -0.398 e. The van der Waals surface area contributed by atoms with Gasteiger partial charge in [-0.25, -0.2) is 4.79 Å². The molecule has 0 aliphatic carbocycles. The maximum Gasteiger partial charge on any atom is 0.513 e. The number of nitrogens with two attached hydrogens (primary N) is 1. The molecule has 110 valence electrons. The minimum atomic E-state index is -0.583. The van der Waals surface area contributed by atoms with E-state index in [1.807, 2.05) is 48.5 Å². The van der Waals surface area contributed by atoms with Crippen LogP contribution in [0.5, 0.6) is 0 Å². The van der Waals surface area contributed by atoms with Crippen LogP contribution in [-0.4, -0.2) is 28.9 Å². The van der Waals surface area contributed by atoms with Gasteiger partial charge in [0.15, 0.2) is 0 Å². The van der Waals surface area contributed by atoms with Crippen molar-refractivity contribution in [3.05, 3.63) is 16.8 Å². The van der Waals surface area contributed by atoms with E-state index in [0.29, 0.717) is 5.59 Å². The lowest BCUT2D eigenvalue weighted by Gasteiger charge is -2.32. The summed E-state index contributed by atoms with van der Waals surface area (Å²) in [7, 11) is -0.583. The molecular weight excluding hydrogens is 255 g/mol. The number of aromatic nitrogens is 1. The number of primary amides is 1. The summed E-state index contributed by atoms with van der Waals surface area (Å²) in [5.74, 6) is 0. The Kier molecular flexibility index (Phi) is 3.30. The highest BCUT2D eigenvalue weighted by atomic mass is 16.7. The Bertz CT molecular complexity index is 559. The van der Waals surface area contributed by atoms with E-state index in [4.69, 9.17) is 15.0 Å². The van der Waals surface area contributed by atoms with Crippen LogP contribution in [0.3, 0.4) is 0 Å². The summed E-state index contributed by atoms with van der Waals surface area (Å²) in [4.78, 5) is 11.8. The Hall–Kier alpha value is -1.27. The van der Waals surface area contributed by atoms with Crippen LogP contribution < -0.4 is 11.3 Å². The Morgan fingerprint density at radius 1 is 1.05 bits per heavy atom. The molecule has 2 rings (SSSR count). The first-order valence-corrected chi connectivity index (χ1v) is 6.83. The molecule has 1 aromatic rings. The summed E-state index contributed by atoms with van der Waals surface area (Å²) < 4.78 is 13.6. The highest BCUT2D eigenvalue weighted by molar-refractivity contribution is 6.62. The quantitative estimate of drug-likeness (QED) is 0.794. The second-order valence-electron chi connectivity index (χ2n) is 6.48. The van der Waals surface area contributed by atoms with Crippen LogP contribution in [-0.2, 0) is 9.31 Å². The van der Waals surface area contributed by atoms with Gasteiger partial charge < -0.3 is 15.0 Å². The molecule has 1 aromatic heterocycles. The Morgan fingerprint density at radius 2 is 1.50 bits per heavy atom. The number of hydrogen-bond acceptors (Lipinski definition) is 3. The zero-order chi connectivity index (χ0) is 15.5. The third-order valence-corrected chi connectivity index (χ3v) is 4.76. The van der Waals surface area contributed by atoms with E-state index in [-0.39, 0.29) is 0 Å². The van der Waals surface area contributed by atoms with Gasteiger partial charge in [-0.15, -0.1) is 0 Å². The molecule has 1 aliphatic rings. The van der Waals surface area contributed by atoms with Crippen molar-refractivity contribution in [3.63, 3.8) is 0 Å². The molecule has 6 heteroatoms. The third-order valence-electron chi connectivity index (χ3n) is 4.76. The first kappa shape index (κ1) is 15.1. The van der Waals surface area contributed by atoms with Crippen molar-refractivity contribution in [3.8, 4) is 0 Å². The fraction of sp³-hybridized carbons (Fsp3) is 0.643. The van der Waals surface area contributed by atoms with Gasteiger partial charge >= 0.3 is 13.1 Å². The van der Waals surface area contributed by atoms with Crippen LogP contribution in [0.15, 0.2) is 0 Å². The molecular formula is C14H23BN2O3. The van der Waals surface area contributed by atoms with E-state index in [9.17, 15) is 4.79 Å². The van der Waals surface area contributed by atoms with E-state index in [1.54, 1.807) is 0 Å². The van der Waals surface area contributed by atoms with Gasteiger partial charge in [-0.05, 0) is 59.6 Å². The van der Waals surface area contributed by atoms with Crippen molar-refractivity contribution >= 4 is 18.7 Å². The van der Waals surface area contributed by atoms with Crippen molar-refractivity contribution < 1.29 is 14.1 Å². The predicted molar refractivity (Wildman–Crippen MR) is 79.3 cm³/mol. The van der Waals surface area contributed by atoms with Gasteiger partial charge in [-0.1, -0.05) is 0 Å². The monoisotopic (exact) mass is 278 g/mol. The van der Waals surface area contributed by atoms with Crippen molar-refractivity contribution in [1.29, 1.82) is 0 Å². The van der Waals surface area contributed by atoms with Gasteiger partial charge in [0.25, 0.3) is 0 Å². The summed E-state index contributed by atoms with van der Waals surface area (Å²) >= 11 is 0. The van der Waals surface area contributed by atoms with Crippen LogP contribution in [0.25, 0.3) is 0 Å². The lowest BCUT2D eigenvalue weighted by molar-refractivity contribution is 0.00578. The molecule has 1 aliphatic heterocycles. The number of rotatable bonds is 1. The molecule has 20 heavy (non-hydrogen) atoms. The normalized spacial score (nSPS) is 20.4. The van der Waals surface area contributed by atoms with E-state index in [0.717, 1.165) is 16.8 Å². The minimum absolute atomic E-state index is 0.446. The molecule has 2 N–H and O–H groups in total. The molecule has 5 nitrogen and oxygen atoms in total. The smallest absolute Gasteiger partial charge is 0.398 e. The van der Waals surface area contributed by atoms with Crippen molar-refractivity contribution in [2.75, 3.05) is 0 Å². The predicted octanol–water partition coefficient (Wildman–Crippen LogP) is 1.64. The van der Waals surface area contributed by atoms with Crippen molar-refractivity contribution in [2.24, 2.45) is 5.73 Å². The molecule has 1 fully saturated rings. The molecule has 0 spiro atoms. The van der Waals surface area contributed by atoms with E-state index in [1.165, 1.54) is 4.57 Å². The van der Waals surface area contributed by atoms with E-state index >= 15 is 0 Å². The molecule has 0 unspecified atom stereocenters. The summed E-state index contributed by atoms with van der Waals surface area (Å²) in [6.45, 7) is 13.8. The van der Waals surface area contributed by atoms with Crippen LogP contribution in [0.1, 0.15) is 44.5 Å². The molecule has 0 radical (unpaired) electrons. The fourth-order valence-corrected chi connectivity index (χ4v) is 2.50. The average molecular weight is 278 g/mol. The van der Waals surface area contributed by atoms with Gasteiger partial charge in [0.1, 0.15) is 0 Å². The number of amides is 1. The third kappa shape index (κ3) is 1.98. The molecule has 1 saturated heterocycles. The SMILES string of the molecule is Cc1c(C)c(B2OC(C)(C)C(C)(C)O2)n(C(N)=O)c1C. The second kappa shape index (κ2) is 4.36. The summed E-state index contributed by atoms with van der Waals surface area (Å²) in [6, 6.07) is -0.511. The maximum atomic E-state index is 11.8. The van der Waals surface area contributed by atoms with Crippen molar-refractivity contribution in [2.45, 2.75) is 59.7 Å². The Morgan fingerprint density at radius 3 is 1.90 bits per heavy atom. The number of nitrogens with zero attached hydrogens (tertiary/aromatic N) is 1. The van der Waals surface area contributed by atoms with Crippen LogP contribution in [0.4, 0.5) is 4.79 Å². The molecule has 0 aromatic carbocycles. The molecule has 0 saturated carbocycles. The fourth-order valence-electron chi connectivity index (χ4n) is 2.50. The van der Waals surface area contributed by atoms with Crippen molar-refractivity contribution in [1.82, 2.24) is 4.57 Å². The topological polar surface area (TPSA) is 66.5 Å². The highest BCUT2D eigenvalue weighted by Gasteiger charge is 2.53. The standard InChI is InChI=1S/C14H23BN2O3/c1-8-9(2)11(17(10(8)3)12(16)18)15-19-13(4,5)14(6,7)20-15/h1-7H3,(H2,16,18). The van der Waals surface area contributed by atoms with Crippen LogP contribution in [0.2, 0.25) is 0 Å². The summed E-state index contributed by atoms with van der Waals surface area (Å²) in [6.07, 6.45) is 0. The lowest BCUT2D eigenvalue weighted by atomic mass is 9.81. The zero-order valence-corrected chi connectivity index (χ0v) is 13.3. The Balaban J connectivity index is 2.56. The van der Waals surface area contributed by atoms with Crippen LogP contribution in [0, 0.1) is 20.8 Å². The highest BCUT2D eigenvalue weighted by Crippen LogP contribution is 2.37. The zero-order valence-electron chi connectivity index (χ0n) is 13.3. The number of hydrogen-bond donors (Lipinski definition) is 1. The lowest BCUT2D eigenvalue weighted by Crippen LogP contribution is -2.44. The van der Waals surface area contributed by atoms with E-state index in [2.05, 4.69) is 0 Å². The Labute approximate surface area is 120 Å². The van der Waals surface area contributed by atoms with Gasteiger partial charge in [0.05, 0.1) is 16.8 Å². The molecule has 0 atom stereocenters.